The van der Waals surface area contributed by atoms with Crippen molar-refractivity contribution in [2.24, 2.45) is 16.7 Å². The summed E-state index contributed by atoms with van der Waals surface area (Å²) in [4.78, 5) is 0. The molecule has 0 unspecified atom stereocenters. The molecule has 0 aromatic carbocycles. The predicted octanol–water partition coefficient (Wildman–Crippen LogP) is -0.813. The molecule has 0 aliphatic heterocycles. The minimum absolute atomic E-state index is 0.171. The van der Waals surface area contributed by atoms with Crippen molar-refractivity contribution >= 4 is 5.84 Å². The highest BCUT2D eigenvalue weighted by molar-refractivity contribution is 5.80. The smallest absolute Gasteiger partial charge is 0.150 e. The molecule has 0 heterocycles. The van der Waals surface area contributed by atoms with Crippen LogP contribution >= 0.6 is 0 Å². The van der Waals surface area contributed by atoms with E-state index in [1.54, 1.807) is 0 Å². The average molecular weight is 91.1 g/mol. The molecule has 0 saturated heterocycles. The standard InChI is InChI=1S/C2H6FN3/c3-1-2(4)6-5/h1,5H2,(H2,4,6). The molecule has 0 rings (SSSR count). The normalized spacial score (nSPS) is 11.8. The minimum Gasteiger partial charge on any atom is -0.384 e. The van der Waals surface area contributed by atoms with E-state index in [-0.39, 0.29) is 5.84 Å². The molecule has 6 heavy (non-hydrogen) atoms. The summed E-state index contributed by atoms with van der Waals surface area (Å²) in [6, 6.07) is 0. The Morgan fingerprint density at radius 1 is 1.83 bits per heavy atom. The Balaban J connectivity index is 3.22. The molecule has 0 bridgehead atoms. The Labute approximate surface area is 34.8 Å². The third kappa shape index (κ3) is 1.51. The van der Waals surface area contributed by atoms with E-state index in [2.05, 4.69) is 10.9 Å². The van der Waals surface area contributed by atoms with E-state index in [9.17, 15) is 4.39 Å². The first kappa shape index (κ1) is 5.20. The lowest BCUT2D eigenvalue weighted by Crippen LogP contribution is -2.15. The summed E-state index contributed by atoms with van der Waals surface area (Å²) in [5, 5.41) is 2.83. The van der Waals surface area contributed by atoms with Crippen molar-refractivity contribution in [2.45, 2.75) is 0 Å². The molecule has 0 aliphatic carbocycles. The van der Waals surface area contributed by atoms with Crippen molar-refractivity contribution in [3.05, 3.63) is 0 Å². The van der Waals surface area contributed by atoms with Gasteiger partial charge in [0.25, 0.3) is 0 Å². The summed E-state index contributed by atoms with van der Waals surface area (Å²) in [5.74, 6) is 4.33. The topological polar surface area (TPSA) is 64.4 Å². The summed E-state index contributed by atoms with van der Waals surface area (Å²) in [6.45, 7) is -0.767. The van der Waals surface area contributed by atoms with Crippen LogP contribution in [0.15, 0.2) is 5.10 Å². The molecule has 4 heteroatoms. The first-order chi connectivity index (χ1) is 2.81. The molecular formula is C2H6FN3. The first-order valence-electron chi connectivity index (χ1n) is 1.39. The molecule has 0 aromatic rings. The van der Waals surface area contributed by atoms with Crippen LogP contribution in [0, 0.1) is 0 Å². The van der Waals surface area contributed by atoms with Gasteiger partial charge in [-0.25, -0.2) is 4.39 Å². The molecule has 36 valence electrons. The lowest BCUT2D eigenvalue weighted by atomic mass is 10.7. The van der Waals surface area contributed by atoms with E-state index in [0.717, 1.165) is 0 Å². The van der Waals surface area contributed by atoms with Crippen molar-refractivity contribution in [2.75, 3.05) is 6.67 Å². The van der Waals surface area contributed by atoms with Gasteiger partial charge in [0.1, 0.15) is 6.67 Å². The number of hydrogen-bond donors (Lipinski definition) is 2. The monoisotopic (exact) mass is 91.1 g/mol. The van der Waals surface area contributed by atoms with E-state index in [0.29, 0.717) is 0 Å². The van der Waals surface area contributed by atoms with Gasteiger partial charge < -0.3 is 11.6 Å². The van der Waals surface area contributed by atoms with E-state index in [1.807, 2.05) is 0 Å². The van der Waals surface area contributed by atoms with Crippen LogP contribution in [0.2, 0.25) is 0 Å². The van der Waals surface area contributed by atoms with Crippen LogP contribution in [0.1, 0.15) is 0 Å². The van der Waals surface area contributed by atoms with Crippen LogP contribution in [-0.2, 0) is 0 Å². The van der Waals surface area contributed by atoms with Gasteiger partial charge >= 0.3 is 0 Å². The number of hydrogen-bond acceptors (Lipinski definition) is 2. The van der Waals surface area contributed by atoms with Gasteiger partial charge in [-0.05, 0) is 0 Å². The molecule has 3 nitrogen and oxygen atoms in total. The Morgan fingerprint density at radius 3 is 2.33 bits per heavy atom. The summed E-state index contributed by atoms with van der Waals surface area (Å²) in [5.41, 5.74) is 4.72. The van der Waals surface area contributed by atoms with Gasteiger partial charge in [0, 0.05) is 0 Å². The largest absolute Gasteiger partial charge is 0.384 e. The quantitative estimate of drug-likeness (QED) is 0.192. The zero-order valence-corrected chi connectivity index (χ0v) is 3.19. The lowest BCUT2D eigenvalue weighted by molar-refractivity contribution is 0.578. The molecule has 0 aliphatic rings. The Bertz CT molecular complexity index is 59.8. The number of halogens is 1. The lowest BCUT2D eigenvalue weighted by Gasteiger charge is -1.81. The number of hydrazone groups is 1. The van der Waals surface area contributed by atoms with Crippen LogP contribution in [-0.4, -0.2) is 12.5 Å². The molecular weight excluding hydrogens is 85.0 g/mol. The second-order valence-corrected chi connectivity index (χ2v) is 0.754. The van der Waals surface area contributed by atoms with E-state index in [1.165, 1.54) is 0 Å². The van der Waals surface area contributed by atoms with Gasteiger partial charge in [0.2, 0.25) is 0 Å². The third-order valence-electron chi connectivity index (χ3n) is 0.303. The van der Waals surface area contributed by atoms with Crippen LogP contribution < -0.4 is 11.6 Å². The van der Waals surface area contributed by atoms with Crippen LogP contribution in [0.25, 0.3) is 0 Å². The Hall–Kier alpha value is -0.800. The number of amidine groups is 1. The predicted molar refractivity (Wildman–Crippen MR) is 21.8 cm³/mol. The number of nitrogens with zero attached hydrogens (tertiary/aromatic N) is 1. The molecule has 0 aromatic heterocycles. The van der Waals surface area contributed by atoms with Crippen molar-refractivity contribution in [3.8, 4) is 0 Å². The SMILES string of the molecule is N/N=C(/N)CF. The molecule has 4 N–H and O–H groups in total. The summed E-state index contributed by atoms with van der Waals surface area (Å²) in [7, 11) is 0. The molecule has 0 fully saturated rings. The zero-order chi connectivity index (χ0) is 4.99. The van der Waals surface area contributed by atoms with Gasteiger partial charge in [-0.3, -0.25) is 0 Å². The molecule has 0 spiro atoms. The van der Waals surface area contributed by atoms with Gasteiger partial charge in [-0.15, -0.1) is 0 Å². The van der Waals surface area contributed by atoms with E-state index in [4.69, 9.17) is 5.73 Å². The second-order valence-electron chi connectivity index (χ2n) is 0.754. The fraction of sp³-hybridized carbons (Fsp3) is 0.500. The fourth-order valence-electron chi connectivity index (χ4n) is 0.0345. The van der Waals surface area contributed by atoms with Crippen LogP contribution in [0.4, 0.5) is 4.39 Å². The fourth-order valence-corrected chi connectivity index (χ4v) is 0.0345. The number of nitrogens with two attached hydrogens (primary N) is 2. The van der Waals surface area contributed by atoms with E-state index >= 15 is 0 Å². The maximum atomic E-state index is 11.1. The highest BCUT2D eigenvalue weighted by Crippen LogP contribution is 1.61. The highest BCUT2D eigenvalue weighted by atomic mass is 19.1. The number of rotatable bonds is 1. The maximum Gasteiger partial charge on any atom is 0.150 e. The van der Waals surface area contributed by atoms with Crippen molar-refractivity contribution < 1.29 is 4.39 Å². The molecule has 0 atom stereocenters. The summed E-state index contributed by atoms with van der Waals surface area (Å²) < 4.78 is 11.1. The van der Waals surface area contributed by atoms with Crippen LogP contribution in [0.5, 0.6) is 0 Å². The first-order valence-corrected chi connectivity index (χ1v) is 1.39. The Kier molecular flexibility index (Phi) is 2.11. The van der Waals surface area contributed by atoms with Crippen molar-refractivity contribution in [3.63, 3.8) is 0 Å². The van der Waals surface area contributed by atoms with Gasteiger partial charge in [-0.1, -0.05) is 0 Å². The van der Waals surface area contributed by atoms with Gasteiger partial charge in [-0.2, -0.15) is 5.10 Å². The van der Waals surface area contributed by atoms with Gasteiger partial charge in [0.15, 0.2) is 5.84 Å². The van der Waals surface area contributed by atoms with Gasteiger partial charge in [0.05, 0.1) is 0 Å². The second kappa shape index (κ2) is 2.44. The van der Waals surface area contributed by atoms with E-state index < -0.39 is 6.67 Å². The maximum absolute atomic E-state index is 11.1. The molecule has 0 saturated carbocycles. The third-order valence-corrected chi connectivity index (χ3v) is 0.303. The summed E-state index contributed by atoms with van der Waals surface area (Å²) in [6.07, 6.45) is 0. The average Bonchev–Trinajstić information content (AvgIpc) is 1.65. The number of alkyl halides is 1. The van der Waals surface area contributed by atoms with Crippen molar-refractivity contribution in [1.29, 1.82) is 0 Å². The Morgan fingerprint density at radius 2 is 2.33 bits per heavy atom. The van der Waals surface area contributed by atoms with Crippen LogP contribution in [0.3, 0.4) is 0 Å². The molecule has 0 radical (unpaired) electrons. The summed E-state index contributed by atoms with van der Waals surface area (Å²) >= 11 is 0. The highest BCUT2D eigenvalue weighted by Gasteiger charge is 1.80. The zero-order valence-electron chi connectivity index (χ0n) is 3.19. The molecule has 0 amide bonds. The minimum atomic E-state index is -0.767. The van der Waals surface area contributed by atoms with Crippen molar-refractivity contribution in [1.82, 2.24) is 0 Å².